The topological polar surface area (TPSA) is 58.2 Å². The van der Waals surface area contributed by atoms with Crippen LogP contribution in [0.5, 0.6) is 0 Å². The maximum atomic E-state index is 12.9. The molecule has 0 spiro atoms. The van der Waals surface area contributed by atoms with Crippen molar-refractivity contribution in [2.75, 3.05) is 10.6 Å². The number of halogens is 4. The number of hydrogen-bond donors (Lipinski definition) is 2. The molecule has 0 aliphatic rings. The van der Waals surface area contributed by atoms with Crippen LogP contribution in [0.3, 0.4) is 0 Å². The number of amides is 2. The largest absolute Gasteiger partial charge is 0.417 e. The van der Waals surface area contributed by atoms with Gasteiger partial charge in [-0.1, -0.05) is 29.3 Å². The van der Waals surface area contributed by atoms with Crippen molar-refractivity contribution in [2.24, 2.45) is 0 Å². The van der Waals surface area contributed by atoms with Crippen LogP contribution in [0.2, 0.25) is 5.02 Å². The molecule has 0 aliphatic carbocycles. The summed E-state index contributed by atoms with van der Waals surface area (Å²) in [5, 5.41) is 4.48. The molecule has 0 heterocycles. The molecule has 0 saturated heterocycles. The molecule has 0 radical (unpaired) electrons. The number of carbonyl (C=O) groups is 2. The zero-order valence-corrected chi connectivity index (χ0v) is 15.7. The van der Waals surface area contributed by atoms with Crippen LogP contribution < -0.4 is 10.6 Å². The molecule has 2 amide bonds. The van der Waals surface area contributed by atoms with Crippen molar-refractivity contribution in [3.05, 3.63) is 57.6 Å². The number of alkyl halides is 3. The first-order chi connectivity index (χ1) is 12.5. The van der Waals surface area contributed by atoms with Crippen LogP contribution in [-0.4, -0.2) is 11.8 Å². The number of aryl methyl sites for hydroxylation is 3. The Morgan fingerprint density at radius 1 is 0.963 bits per heavy atom. The zero-order chi connectivity index (χ0) is 20.4. The van der Waals surface area contributed by atoms with Gasteiger partial charge in [0.25, 0.3) is 0 Å². The lowest BCUT2D eigenvalue weighted by molar-refractivity contribution is -0.137. The molecular weight excluding hydrogens is 381 g/mol. The van der Waals surface area contributed by atoms with Gasteiger partial charge in [-0.15, -0.1) is 0 Å². The molecule has 144 valence electrons. The number of benzene rings is 2. The average molecular weight is 399 g/mol. The maximum absolute atomic E-state index is 12.9. The molecule has 0 unspecified atom stereocenters. The summed E-state index contributed by atoms with van der Waals surface area (Å²) in [4.78, 5) is 24.1. The number of anilines is 2. The first kappa shape index (κ1) is 20.8. The van der Waals surface area contributed by atoms with Crippen LogP contribution in [0, 0.1) is 20.8 Å². The Bertz CT molecular complexity index is 872. The predicted octanol–water partition coefficient (Wildman–Crippen LogP) is 5.25. The highest BCUT2D eigenvalue weighted by molar-refractivity contribution is 6.31. The molecule has 2 aromatic rings. The summed E-state index contributed by atoms with van der Waals surface area (Å²) < 4.78 is 38.6. The van der Waals surface area contributed by atoms with Crippen molar-refractivity contribution in [3.63, 3.8) is 0 Å². The molecule has 8 heteroatoms. The van der Waals surface area contributed by atoms with E-state index < -0.39 is 35.0 Å². The fourth-order valence-electron chi connectivity index (χ4n) is 2.73. The number of carbonyl (C=O) groups excluding carboxylic acids is 2. The van der Waals surface area contributed by atoms with E-state index in [0.29, 0.717) is 5.69 Å². The molecule has 0 fully saturated rings. The third-order valence-electron chi connectivity index (χ3n) is 3.82. The molecule has 0 aromatic heterocycles. The van der Waals surface area contributed by atoms with E-state index in [1.807, 2.05) is 32.9 Å². The maximum Gasteiger partial charge on any atom is 0.417 e. The van der Waals surface area contributed by atoms with E-state index in [2.05, 4.69) is 10.6 Å². The fourth-order valence-corrected chi connectivity index (χ4v) is 2.96. The van der Waals surface area contributed by atoms with E-state index in [9.17, 15) is 22.8 Å². The second-order valence-electron chi connectivity index (χ2n) is 6.24. The SMILES string of the molecule is Cc1cc(C)c(NC(=O)CC(=O)Nc2ccc(Cl)c(C(F)(F)F)c2)c(C)c1. The molecule has 27 heavy (non-hydrogen) atoms. The van der Waals surface area contributed by atoms with Crippen molar-refractivity contribution < 1.29 is 22.8 Å². The molecule has 0 atom stereocenters. The van der Waals surface area contributed by atoms with Gasteiger partial charge in [0.15, 0.2) is 0 Å². The lowest BCUT2D eigenvalue weighted by atomic mass is 10.0. The molecule has 2 aromatic carbocycles. The second-order valence-corrected chi connectivity index (χ2v) is 6.65. The van der Waals surface area contributed by atoms with Crippen molar-refractivity contribution in [1.82, 2.24) is 0 Å². The van der Waals surface area contributed by atoms with Crippen LogP contribution >= 0.6 is 11.6 Å². The number of nitrogens with one attached hydrogen (secondary N) is 2. The van der Waals surface area contributed by atoms with E-state index in [1.54, 1.807) is 0 Å². The van der Waals surface area contributed by atoms with Crippen LogP contribution in [-0.2, 0) is 15.8 Å². The highest BCUT2D eigenvalue weighted by Crippen LogP contribution is 2.36. The molecule has 0 bridgehead atoms. The normalized spacial score (nSPS) is 11.2. The molecule has 2 rings (SSSR count). The molecule has 0 saturated carbocycles. The summed E-state index contributed by atoms with van der Waals surface area (Å²) in [6.45, 7) is 5.60. The Kier molecular flexibility index (Phi) is 6.15. The highest BCUT2D eigenvalue weighted by atomic mass is 35.5. The Balaban J connectivity index is 2.05. The lowest BCUT2D eigenvalue weighted by Gasteiger charge is -2.13. The summed E-state index contributed by atoms with van der Waals surface area (Å²) in [5.41, 5.74) is 2.22. The second kappa shape index (κ2) is 8.00. The average Bonchev–Trinajstić information content (AvgIpc) is 2.51. The lowest BCUT2D eigenvalue weighted by Crippen LogP contribution is -2.22. The van der Waals surface area contributed by atoms with Crippen molar-refractivity contribution >= 4 is 34.8 Å². The van der Waals surface area contributed by atoms with Gasteiger partial charge in [0.1, 0.15) is 6.42 Å². The van der Waals surface area contributed by atoms with Gasteiger partial charge in [-0.2, -0.15) is 13.2 Å². The minimum absolute atomic E-state index is 0.0905. The molecule has 2 N–H and O–H groups in total. The standard InChI is InChI=1S/C19H18ClF3N2O2/c1-10-6-11(2)18(12(3)7-10)25-17(27)9-16(26)24-13-4-5-15(20)14(8-13)19(21,22)23/h4-8H,9H2,1-3H3,(H,24,26)(H,25,27). The van der Waals surface area contributed by atoms with Gasteiger partial charge in [0.05, 0.1) is 10.6 Å². The minimum Gasteiger partial charge on any atom is -0.326 e. The molecule has 4 nitrogen and oxygen atoms in total. The number of hydrogen-bond acceptors (Lipinski definition) is 2. The first-order valence-corrected chi connectivity index (χ1v) is 8.39. The Hall–Kier alpha value is -2.54. The minimum atomic E-state index is -4.64. The third-order valence-corrected chi connectivity index (χ3v) is 4.15. The fraction of sp³-hybridized carbons (Fsp3) is 0.263. The van der Waals surface area contributed by atoms with Gasteiger partial charge in [0.2, 0.25) is 11.8 Å². The smallest absolute Gasteiger partial charge is 0.326 e. The Morgan fingerprint density at radius 3 is 2.07 bits per heavy atom. The van der Waals surface area contributed by atoms with Crippen molar-refractivity contribution in [3.8, 4) is 0 Å². The summed E-state index contributed by atoms with van der Waals surface area (Å²) in [7, 11) is 0. The quantitative estimate of drug-likeness (QED) is 0.691. The van der Waals surface area contributed by atoms with Gasteiger partial charge in [-0.3, -0.25) is 9.59 Å². The Morgan fingerprint density at radius 2 is 1.52 bits per heavy atom. The summed E-state index contributed by atoms with van der Waals surface area (Å²) >= 11 is 5.54. The molecular formula is C19H18ClF3N2O2. The van der Waals surface area contributed by atoms with Gasteiger partial charge in [-0.05, 0) is 50.1 Å². The summed E-state index contributed by atoms with van der Waals surface area (Å²) in [6, 6.07) is 6.80. The van der Waals surface area contributed by atoms with Crippen molar-refractivity contribution in [2.45, 2.75) is 33.4 Å². The van der Waals surface area contributed by atoms with Gasteiger partial charge in [0, 0.05) is 11.4 Å². The highest BCUT2D eigenvalue weighted by Gasteiger charge is 2.33. The van der Waals surface area contributed by atoms with E-state index in [0.717, 1.165) is 28.8 Å². The summed E-state index contributed by atoms with van der Waals surface area (Å²) in [5.74, 6) is -1.29. The van der Waals surface area contributed by atoms with Crippen LogP contribution in [0.1, 0.15) is 28.7 Å². The predicted molar refractivity (Wildman–Crippen MR) is 99.0 cm³/mol. The van der Waals surface area contributed by atoms with Crippen molar-refractivity contribution in [1.29, 1.82) is 0 Å². The van der Waals surface area contributed by atoms with E-state index >= 15 is 0 Å². The van der Waals surface area contributed by atoms with Crippen LogP contribution in [0.25, 0.3) is 0 Å². The summed E-state index contributed by atoms with van der Waals surface area (Å²) in [6.07, 6.45) is -5.17. The van der Waals surface area contributed by atoms with Crippen LogP contribution in [0.4, 0.5) is 24.5 Å². The van der Waals surface area contributed by atoms with Gasteiger partial charge >= 0.3 is 6.18 Å². The zero-order valence-electron chi connectivity index (χ0n) is 14.9. The Labute approximate surface area is 159 Å². The molecule has 0 aliphatic heterocycles. The van der Waals surface area contributed by atoms with E-state index in [4.69, 9.17) is 11.6 Å². The first-order valence-electron chi connectivity index (χ1n) is 8.01. The number of rotatable bonds is 4. The van der Waals surface area contributed by atoms with Gasteiger partial charge in [-0.25, -0.2) is 0 Å². The monoisotopic (exact) mass is 398 g/mol. The van der Waals surface area contributed by atoms with Gasteiger partial charge < -0.3 is 10.6 Å². The third kappa shape index (κ3) is 5.47. The van der Waals surface area contributed by atoms with E-state index in [1.165, 1.54) is 6.07 Å². The van der Waals surface area contributed by atoms with E-state index in [-0.39, 0.29) is 5.69 Å². The van der Waals surface area contributed by atoms with Crippen LogP contribution in [0.15, 0.2) is 30.3 Å².